The molecule has 0 N–H and O–H groups in total. The van der Waals surface area contributed by atoms with E-state index in [1.54, 1.807) is 0 Å². The molecule has 2 rings (SSSR count). The molecule has 100 valence electrons. The van der Waals surface area contributed by atoms with Crippen LogP contribution in [0.4, 0.5) is 8.78 Å². The Balaban J connectivity index is 2.44. The molecule has 0 bridgehead atoms. The van der Waals surface area contributed by atoms with Gasteiger partial charge in [0.25, 0.3) is 0 Å². The molecule has 3 nitrogen and oxygen atoms in total. The Morgan fingerprint density at radius 3 is 2.79 bits per heavy atom. The number of aryl methyl sites for hydroxylation is 1. The average Bonchev–Trinajstić information content (AvgIpc) is 2.82. The summed E-state index contributed by atoms with van der Waals surface area (Å²) in [6, 6.07) is 3.08. The second-order valence-corrected chi connectivity index (χ2v) is 4.42. The van der Waals surface area contributed by atoms with Crippen molar-refractivity contribution in [1.29, 1.82) is 0 Å². The molecule has 1 aromatic carbocycles. The molecule has 1 heterocycles. The van der Waals surface area contributed by atoms with Gasteiger partial charge in [-0.3, -0.25) is 9.48 Å². The monoisotopic (exact) mass is 284 g/mol. The highest BCUT2D eigenvalue weighted by Gasteiger charge is 2.20. The smallest absolute Gasteiger partial charge is 0.214 e. The standard InChI is InChI=1S/C13H11ClF2N2O/c1-2-5-18-12(3-4-17-18)13(19)8-6-11(16)9(14)7-10(8)15/h3-4,6-7H,2,5H2,1H3. The Bertz CT molecular complexity index is 625. The molecule has 0 saturated heterocycles. The lowest BCUT2D eigenvalue weighted by molar-refractivity contribution is 0.102. The summed E-state index contributed by atoms with van der Waals surface area (Å²) in [5.41, 5.74) is -0.123. The van der Waals surface area contributed by atoms with Gasteiger partial charge in [-0.1, -0.05) is 18.5 Å². The third kappa shape index (κ3) is 2.66. The Morgan fingerprint density at radius 2 is 2.11 bits per heavy atom. The van der Waals surface area contributed by atoms with Crippen LogP contribution in [-0.4, -0.2) is 15.6 Å². The number of ketones is 1. The van der Waals surface area contributed by atoms with Crippen LogP contribution in [0.2, 0.25) is 5.02 Å². The molecule has 0 fully saturated rings. The minimum Gasteiger partial charge on any atom is -0.287 e. The number of carbonyl (C=O) groups excluding carboxylic acids is 1. The molecule has 0 spiro atoms. The van der Waals surface area contributed by atoms with Crippen molar-refractivity contribution in [1.82, 2.24) is 9.78 Å². The summed E-state index contributed by atoms with van der Waals surface area (Å²) in [6.45, 7) is 2.46. The predicted octanol–water partition coefficient (Wildman–Crippen LogP) is 3.46. The lowest BCUT2D eigenvalue weighted by Gasteiger charge is -2.07. The number of benzene rings is 1. The fraction of sp³-hybridized carbons (Fsp3) is 0.231. The Kier molecular flexibility index (Phi) is 3.95. The molecule has 1 aromatic heterocycles. The van der Waals surface area contributed by atoms with Crippen LogP contribution in [0.15, 0.2) is 24.4 Å². The number of hydrogen-bond donors (Lipinski definition) is 0. The van der Waals surface area contributed by atoms with Gasteiger partial charge in [0.2, 0.25) is 5.78 Å². The SMILES string of the molecule is CCCn1nccc1C(=O)c1cc(F)c(Cl)cc1F. The highest BCUT2D eigenvalue weighted by molar-refractivity contribution is 6.30. The maximum absolute atomic E-state index is 13.7. The maximum atomic E-state index is 13.7. The van der Waals surface area contributed by atoms with Crippen LogP contribution in [0.25, 0.3) is 0 Å². The van der Waals surface area contributed by atoms with E-state index in [9.17, 15) is 13.6 Å². The van der Waals surface area contributed by atoms with Crippen molar-refractivity contribution in [2.75, 3.05) is 0 Å². The van der Waals surface area contributed by atoms with Crippen molar-refractivity contribution < 1.29 is 13.6 Å². The van der Waals surface area contributed by atoms with E-state index in [0.717, 1.165) is 18.6 Å². The van der Waals surface area contributed by atoms with Crippen molar-refractivity contribution >= 4 is 17.4 Å². The van der Waals surface area contributed by atoms with Gasteiger partial charge in [0, 0.05) is 12.7 Å². The first-order valence-electron chi connectivity index (χ1n) is 5.75. The second kappa shape index (κ2) is 5.48. The van der Waals surface area contributed by atoms with Gasteiger partial charge in [-0.15, -0.1) is 0 Å². The van der Waals surface area contributed by atoms with Crippen LogP contribution in [0, 0.1) is 11.6 Å². The van der Waals surface area contributed by atoms with E-state index < -0.39 is 17.4 Å². The Labute approximate surface area is 113 Å². The van der Waals surface area contributed by atoms with Crippen molar-refractivity contribution in [2.24, 2.45) is 0 Å². The molecule has 19 heavy (non-hydrogen) atoms. The number of nitrogens with zero attached hydrogens (tertiary/aromatic N) is 2. The van der Waals surface area contributed by atoms with Gasteiger partial charge >= 0.3 is 0 Å². The molecule has 0 atom stereocenters. The molecule has 0 saturated carbocycles. The molecular formula is C13H11ClF2N2O. The van der Waals surface area contributed by atoms with Gasteiger partial charge in [-0.2, -0.15) is 5.10 Å². The number of carbonyl (C=O) groups is 1. The lowest BCUT2D eigenvalue weighted by Crippen LogP contribution is -2.13. The highest BCUT2D eigenvalue weighted by atomic mass is 35.5. The molecule has 0 aliphatic rings. The van der Waals surface area contributed by atoms with E-state index in [1.807, 2.05) is 6.92 Å². The molecule has 0 amide bonds. The summed E-state index contributed by atoms with van der Waals surface area (Å²) < 4.78 is 28.5. The van der Waals surface area contributed by atoms with Gasteiger partial charge < -0.3 is 0 Å². The van der Waals surface area contributed by atoms with Crippen molar-refractivity contribution in [3.8, 4) is 0 Å². The van der Waals surface area contributed by atoms with Crippen LogP contribution >= 0.6 is 11.6 Å². The zero-order valence-electron chi connectivity index (χ0n) is 10.2. The molecular weight excluding hydrogens is 274 g/mol. The normalized spacial score (nSPS) is 10.7. The zero-order valence-corrected chi connectivity index (χ0v) is 10.9. The number of aromatic nitrogens is 2. The number of hydrogen-bond acceptors (Lipinski definition) is 2. The van der Waals surface area contributed by atoms with E-state index >= 15 is 0 Å². The van der Waals surface area contributed by atoms with E-state index in [0.29, 0.717) is 6.54 Å². The van der Waals surface area contributed by atoms with Crippen molar-refractivity contribution in [3.63, 3.8) is 0 Å². The largest absolute Gasteiger partial charge is 0.287 e. The summed E-state index contributed by atoms with van der Waals surface area (Å²) in [7, 11) is 0. The molecule has 0 aliphatic carbocycles. The average molecular weight is 285 g/mol. The highest BCUT2D eigenvalue weighted by Crippen LogP contribution is 2.21. The third-order valence-corrected chi connectivity index (χ3v) is 2.93. The van der Waals surface area contributed by atoms with Crippen LogP contribution < -0.4 is 0 Å². The van der Waals surface area contributed by atoms with Crippen LogP contribution in [-0.2, 0) is 6.54 Å². The molecule has 0 unspecified atom stereocenters. The summed E-state index contributed by atoms with van der Waals surface area (Å²) in [5, 5.41) is 3.62. The quantitative estimate of drug-likeness (QED) is 0.636. The zero-order chi connectivity index (χ0) is 14.0. The molecule has 6 heteroatoms. The predicted molar refractivity (Wildman–Crippen MR) is 67.3 cm³/mol. The number of halogens is 3. The topological polar surface area (TPSA) is 34.9 Å². The first kappa shape index (κ1) is 13.7. The van der Waals surface area contributed by atoms with Gasteiger partial charge in [-0.05, 0) is 24.6 Å². The summed E-state index contributed by atoms with van der Waals surface area (Å²) in [6.07, 6.45) is 2.23. The van der Waals surface area contributed by atoms with E-state index in [2.05, 4.69) is 5.10 Å². The number of rotatable bonds is 4. The van der Waals surface area contributed by atoms with E-state index in [4.69, 9.17) is 11.6 Å². The van der Waals surface area contributed by atoms with Crippen LogP contribution in [0.5, 0.6) is 0 Å². The van der Waals surface area contributed by atoms with Gasteiger partial charge in [0.15, 0.2) is 0 Å². The van der Waals surface area contributed by atoms with Gasteiger partial charge in [0.05, 0.1) is 10.6 Å². The minimum absolute atomic E-state index is 0.225. The fourth-order valence-electron chi connectivity index (χ4n) is 1.75. The molecule has 0 radical (unpaired) electrons. The van der Waals surface area contributed by atoms with Crippen LogP contribution in [0.1, 0.15) is 29.4 Å². The van der Waals surface area contributed by atoms with Gasteiger partial charge in [0.1, 0.15) is 17.3 Å². The summed E-state index contributed by atoms with van der Waals surface area (Å²) in [4.78, 5) is 12.2. The molecule has 0 aliphatic heterocycles. The second-order valence-electron chi connectivity index (χ2n) is 4.01. The Hall–Kier alpha value is -1.75. The van der Waals surface area contributed by atoms with Crippen molar-refractivity contribution in [3.05, 3.63) is 52.3 Å². The minimum atomic E-state index is -0.847. The van der Waals surface area contributed by atoms with E-state index in [-0.39, 0.29) is 16.3 Å². The maximum Gasteiger partial charge on any atom is 0.214 e. The summed E-state index contributed by atoms with van der Waals surface area (Å²) >= 11 is 5.45. The van der Waals surface area contributed by atoms with Gasteiger partial charge in [-0.25, -0.2) is 8.78 Å². The molecule has 2 aromatic rings. The first-order chi connectivity index (χ1) is 9.04. The fourth-order valence-corrected chi connectivity index (χ4v) is 1.90. The van der Waals surface area contributed by atoms with Crippen molar-refractivity contribution in [2.45, 2.75) is 19.9 Å². The third-order valence-electron chi connectivity index (χ3n) is 2.64. The first-order valence-corrected chi connectivity index (χ1v) is 6.13. The van der Waals surface area contributed by atoms with E-state index in [1.165, 1.54) is 16.9 Å². The Morgan fingerprint density at radius 1 is 1.37 bits per heavy atom. The summed E-state index contributed by atoms with van der Waals surface area (Å²) in [5.74, 6) is -2.28. The van der Waals surface area contributed by atoms with Crippen LogP contribution in [0.3, 0.4) is 0 Å². The lowest BCUT2D eigenvalue weighted by atomic mass is 10.1.